The van der Waals surface area contributed by atoms with Gasteiger partial charge in [0.1, 0.15) is 22.9 Å². The molecule has 0 aliphatic carbocycles. The SMILES string of the molecule is CCCc1nc2c(N)nc3cc(OCCCNC(=O)NS(=O)(=O)c4ccc(F)cc4)ccc3c2n1C=C(C)C. The Morgan fingerprint density at radius 3 is 2.59 bits per heavy atom. The first kappa shape index (κ1) is 27.8. The van der Waals surface area contributed by atoms with Gasteiger partial charge in [-0.1, -0.05) is 12.5 Å². The number of sulfonamides is 1. The molecule has 39 heavy (non-hydrogen) atoms. The number of hydrogen-bond acceptors (Lipinski definition) is 7. The topological polar surface area (TPSA) is 141 Å². The largest absolute Gasteiger partial charge is 0.493 e. The Balaban J connectivity index is 1.39. The number of allylic oxidation sites excluding steroid dienone is 1. The van der Waals surface area contributed by atoms with Gasteiger partial charge in [0.25, 0.3) is 10.0 Å². The molecular formula is C27H31FN6O4S. The van der Waals surface area contributed by atoms with E-state index in [-0.39, 0.29) is 18.0 Å². The molecule has 0 unspecified atom stereocenters. The zero-order valence-electron chi connectivity index (χ0n) is 22.0. The Morgan fingerprint density at radius 1 is 1.15 bits per heavy atom. The molecule has 4 rings (SSSR count). The molecule has 206 valence electrons. The number of nitrogens with one attached hydrogen (secondary N) is 2. The maximum absolute atomic E-state index is 13.0. The van der Waals surface area contributed by atoms with Crippen molar-refractivity contribution < 1.29 is 22.3 Å². The van der Waals surface area contributed by atoms with E-state index in [0.717, 1.165) is 59.4 Å². The van der Waals surface area contributed by atoms with Gasteiger partial charge in [0.2, 0.25) is 0 Å². The van der Waals surface area contributed by atoms with Gasteiger partial charge >= 0.3 is 6.03 Å². The van der Waals surface area contributed by atoms with E-state index in [1.807, 2.05) is 30.7 Å². The minimum Gasteiger partial charge on any atom is -0.493 e. The van der Waals surface area contributed by atoms with E-state index in [4.69, 9.17) is 15.5 Å². The molecule has 0 fully saturated rings. The molecular weight excluding hydrogens is 523 g/mol. The van der Waals surface area contributed by atoms with Crippen LogP contribution in [0, 0.1) is 5.82 Å². The van der Waals surface area contributed by atoms with Crippen molar-refractivity contribution in [1.82, 2.24) is 24.6 Å². The van der Waals surface area contributed by atoms with Crippen molar-refractivity contribution in [3.05, 3.63) is 59.7 Å². The van der Waals surface area contributed by atoms with E-state index in [1.165, 1.54) is 0 Å². The molecule has 12 heteroatoms. The minimum atomic E-state index is -4.10. The lowest BCUT2D eigenvalue weighted by molar-refractivity contribution is 0.244. The number of carbonyl (C=O) groups is 1. The number of carbonyl (C=O) groups excluding carboxylic acids is 1. The Kier molecular flexibility index (Phi) is 8.34. The van der Waals surface area contributed by atoms with Crippen LogP contribution in [0.25, 0.3) is 28.1 Å². The normalized spacial score (nSPS) is 11.5. The van der Waals surface area contributed by atoms with Crippen LogP contribution in [0.15, 0.2) is 52.9 Å². The van der Waals surface area contributed by atoms with E-state index in [9.17, 15) is 17.6 Å². The minimum absolute atomic E-state index is 0.173. The molecule has 0 aliphatic heterocycles. The standard InChI is InChI=1S/C27H31FN6O4S/c1-4-6-23-32-24-25(34(23)16-17(2)3)21-12-9-19(15-22(21)31-26(24)29)38-14-5-13-30-27(35)33-39(36,37)20-10-7-18(28)8-11-20/h7-12,15-16H,4-6,13-14H2,1-3H3,(H2,29,31)(H2,30,33,35). The fraction of sp³-hybridized carbons (Fsp3) is 0.296. The summed E-state index contributed by atoms with van der Waals surface area (Å²) in [5, 5.41) is 3.37. The molecule has 4 N–H and O–H groups in total. The van der Waals surface area contributed by atoms with Crippen molar-refractivity contribution in [2.24, 2.45) is 0 Å². The van der Waals surface area contributed by atoms with Crippen molar-refractivity contribution in [2.75, 3.05) is 18.9 Å². The van der Waals surface area contributed by atoms with Gasteiger partial charge < -0.3 is 20.4 Å². The lowest BCUT2D eigenvalue weighted by Crippen LogP contribution is -2.40. The number of fused-ring (bicyclic) bond motifs is 3. The number of nitrogens with zero attached hydrogens (tertiary/aromatic N) is 3. The summed E-state index contributed by atoms with van der Waals surface area (Å²) in [5.74, 6) is 1.28. The molecule has 0 saturated heterocycles. The highest BCUT2D eigenvalue weighted by molar-refractivity contribution is 7.90. The number of aromatic nitrogens is 3. The number of amides is 2. The lowest BCUT2D eigenvalue weighted by atomic mass is 10.1. The van der Waals surface area contributed by atoms with Crippen molar-refractivity contribution >= 4 is 50.0 Å². The first-order chi connectivity index (χ1) is 18.6. The Morgan fingerprint density at radius 2 is 1.90 bits per heavy atom. The third-order valence-electron chi connectivity index (χ3n) is 5.78. The number of pyridine rings is 1. The number of aryl methyl sites for hydroxylation is 1. The smallest absolute Gasteiger partial charge is 0.328 e. The number of benzene rings is 2. The zero-order valence-corrected chi connectivity index (χ0v) is 22.8. The van der Waals surface area contributed by atoms with Gasteiger partial charge in [-0.05, 0) is 63.1 Å². The third-order valence-corrected chi connectivity index (χ3v) is 7.13. The summed E-state index contributed by atoms with van der Waals surface area (Å²) < 4.78 is 47.2. The quantitative estimate of drug-likeness (QED) is 0.243. The molecule has 4 aromatic rings. The first-order valence-corrected chi connectivity index (χ1v) is 14.0. The molecule has 0 aliphatic rings. The van der Waals surface area contributed by atoms with Crippen LogP contribution in [-0.2, 0) is 16.4 Å². The molecule has 2 amide bonds. The molecule has 0 spiro atoms. The molecule has 2 aromatic heterocycles. The van der Waals surface area contributed by atoms with E-state index in [0.29, 0.717) is 29.0 Å². The van der Waals surface area contributed by atoms with Gasteiger partial charge in [-0.2, -0.15) is 0 Å². The van der Waals surface area contributed by atoms with Crippen LogP contribution in [0.3, 0.4) is 0 Å². The predicted octanol–water partition coefficient (Wildman–Crippen LogP) is 4.60. The number of anilines is 1. The summed E-state index contributed by atoms with van der Waals surface area (Å²) >= 11 is 0. The number of rotatable bonds is 10. The molecule has 2 heterocycles. The number of nitrogens with two attached hydrogens (primary N) is 1. The summed E-state index contributed by atoms with van der Waals surface area (Å²) in [5.41, 5.74) is 9.66. The van der Waals surface area contributed by atoms with Gasteiger partial charge in [-0.3, -0.25) is 0 Å². The highest BCUT2D eigenvalue weighted by Gasteiger charge is 2.18. The van der Waals surface area contributed by atoms with Crippen molar-refractivity contribution in [3.8, 4) is 5.75 Å². The summed E-state index contributed by atoms with van der Waals surface area (Å²) in [7, 11) is -4.10. The zero-order chi connectivity index (χ0) is 28.2. The van der Waals surface area contributed by atoms with Crippen LogP contribution in [0.5, 0.6) is 5.75 Å². The third kappa shape index (κ3) is 6.45. The highest BCUT2D eigenvalue weighted by Crippen LogP contribution is 2.32. The average Bonchev–Trinajstić information content (AvgIpc) is 3.22. The van der Waals surface area contributed by atoms with Crippen molar-refractivity contribution in [3.63, 3.8) is 0 Å². The summed E-state index contributed by atoms with van der Waals surface area (Å²) in [6.45, 7) is 6.61. The fourth-order valence-electron chi connectivity index (χ4n) is 4.08. The van der Waals surface area contributed by atoms with Gasteiger partial charge in [-0.25, -0.2) is 32.3 Å². The number of imidazole rings is 1. The van der Waals surface area contributed by atoms with E-state index >= 15 is 0 Å². The molecule has 0 atom stereocenters. The lowest BCUT2D eigenvalue weighted by Gasteiger charge is -2.11. The van der Waals surface area contributed by atoms with E-state index in [2.05, 4.69) is 28.0 Å². The summed E-state index contributed by atoms with van der Waals surface area (Å²) in [6, 6.07) is 8.86. The van der Waals surface area contributed by atoms with Gasteiger partial charge in [0.05, 0.1) is 22.5 Å². The maximum Gasteiger partial charge on any atom is 0.328 e. The highest BCUT2D eigenvalue weighted by atomic mass is 32.2. The molecule has 0 saturated carbocycles. The van der Waals surface area contributed by atoms with Gasteiger partial charge in [-0.15, -0.1) is 0 Å². The Hall–Kier alpha value is -4.19. The number of hydrogen-bond donors (Lipinski definition) is 3. The van der Waals surface area contributed by atoms with E-state index < -0.39 is 21.9 Å². The average molecular weight is 555 g/mol. The molecule has 0 radical (unpaired) electrons. The van der Waals surface area contributed by atoms with Crippen LogP contribution < -0.4 is 20.5 Å². The fourth-order valence-corrected chi connectivity index (χ4v) is 5.01. The second-order valence-electron chi connectivity index (χ2n) is 9.25. The van der Waals surface area contributed by atoms with Crippen LogP contribution in [-0.4, -0.2) is 42.1 Å². The first-order valence-electron chi connectivity index (χ1n) is 12.5. The van der Waals surface area contributed by atoms with Crippen LogP contribution >= 0.6 is 0 Å². The van der Waals surface area contributed by atoms with E-state index in [1.54, 1.807) is 6.07 Å². The predicted molar refractivity (Wildman–Crippen MR) is 149 cm³/mol. The Bertz CT molecular complexity index is 1640. The van der Waals surface area contributed by atoms with Gasteiger partial charge in [0.15, 0.2) is 5.82 Å². The molecule has 2 aromatic carbocycles. The van der Waals surface area contributed by atoms with Crippen molar-refractivity contribution in [2.45, 2.75) is 44.9 Å². The number of ether oxygens (including phenoxy) is 1. The number of nitrogen functional groups attached to an aromatic ring is 1. The van der Waals surface area contributed by atoms with Crippen molar-refractivity contribution in [1.29, 1.82) is 0 Å². The monoisotopic (exact) mass is 554 g/mol. The van der Waals surface area contributed by atoms with Crippen LogP contribution in [0.4, 0.5) is 15.0 Å². The van der Waals surface area contributed by atoms with Gasteiger partial charge in [0, 0.05) is 30.6 Å². The van der Waals surface area contributed by atoms with Crippen LogP contribution in [0.1, 0.15) is 39.4 Å². The Labute approximate surface area is 226 Å². The second kappa shape index (κ2) is 11.7. The number of halogens is 1. The second-order valence-corrected chi connectivity index (χ2v) is 10.9. The summed E-state index contributed by atoms with van der Waals surface area (Å²) in [6.07, 6.45) is 4.23. The molecule has 10 nitrogen and oxygen atoms in total. The summed E-state index contributed by atoms with van der Waals surface area (Å²) in [4.78, 5) is 21.1. The van der Waals surface area contributed by atoms with Crippen LogP contribution in [0.2, 0.25) is 0 Å². The number of urea groups is 1. The maximum atomic E-state index is 13.0. The molecule has 0 bridgehead atoms.